The van der Waals surface area contributed by atoms with E-state index in [0.717, 1.165) is 23.2 Å². The standard InChI is InChI=1S/C20H23N5O2S/c1-16(17-7-9-20(10-8-17)25-15-21-14-22-25)23(2)28(26,27)24-12-11-18-5-3-4-6-19(18)13-24/h3-10,14-16H,11-13H2,1-2H3/t16-/m1/s1. The van der Waals surface area contributed by atoms with E-state index >= 15 is 0 Å². The molecule has 0 saturated heterocycles. The quantitative estimate of drug-likeness (QED) is 0.663. The molecule has 0 aliphatic carbocycles. The van der Waals surface area contributed by atoms with Crippen LogP contribution < -0.4 is 0 Å². The molecule has 28 heavy (non-hydrogen) atoms. The van der Waals surface area contributed by atoms with E-state index in [1.807, 2.05) is 49.4 Å². The highest BCUT2D eigenvalue weighted by atomic mass is 32.2. The predicted octanol–water partition coefficient (Wildman–Crippen LogP) is 2.56. The van der Waals surface area contributed by atoms with Gasteiger partial charge in [0.05, 0.1) is 5.69 Å². The normalized spacial score (nSPS) is 16.1. The van der Waals surface area contributed by atoms with Gasteiger partial charge in [-0.1, -0.05) is 36.4 Å². The SMILES string of the molecule is C[C@H](c1ccc(-n2cncn2)cc1)N(C)S(=O)(=O)N1CCc2ccccc2C1. The van der Waals surface area contributed by atoms with Crippen LogP contribution in [0.1, 0.15) is 29.7 Å². The van der Waals surface area contributed by atoms with Crippen molar-refractivity contribution in [1.82, 2.24) is 23.4 Å². The van der Waals surface area contributed by atoms with Gasteiger partial charge in [0.1, 0.15) is 12.7 Å². The summed E-state index contributed by atoms with van der Waals surface area (Å²) in [5.74, 6) is 0. The average Bonchev–Trinajstić information content (AvgIpc) is 3.27. The Bertz CT molecular complexity index is 1050. The van der Waals surface area contributed by atoms with E-state index in [9.17, 15) is 8.42 Å². The molecule has 1 atom stereocenters. The summed E-state index contributed by atoms with van der Waals surface area (Å²) in [4.78, 5) is 3.94. The molecule has 1 aliphatic rings. The van der Waals surface area contributed by atoms with Crippen molar-refractivity contribution >= 4 is 10.2 Å². The molecule has 7 nitrogen and oxygen atoms in total. The average molecular weight is 398 g/mol. The first kappa shape index (κ1) is 18.8. The number of benzene rings is 2. The Labute approximate surface area is 165 Å². The Morgan fingerprint density at radius 2 is 1.79 bits per heavy atom. The molecule has 0 spiro atoms. The fourth-order valence-electron chi connectivity index (χ4n) is 3.51. The summed E-state index contributed by atoms with van der Waals surface area (Å²) >= 11 is 0. The minimum absolute atomic E-state index is 0.285. The van der Waals surface area contributed by atoms with Crippen molar-refractivity contribution in [2.24, 2.45) is 0 Å². The number of fused-ring (bicyclic) bond motifs is 1. The lowest BCUT2D eigenvalue weighted by Gasteiger charge is -2.34. The predicted molar refractivity (Wildman–Crippen MR) is 107 cm³/mol. The van der Waals surface area contributed by atoms with Gasteiger partial charge in [-0.3, -0.25) is 0 Å². The zero-order valence-electron chi connectivity index (χ0n) is 15.9. The van der Waals surface area contributed by atoms with Crippen molar-refractivity contribution < 1.29 is 8.42 Å². The molecule has 146 valence electrons. The number of aromatic nitrogens is 3. The number of hydrogen-bond donors (Lipinski definition) is 0. The van der Waals surface area contributed by atoms with Gasteiger partial charge in [0.15, 0.2) is 0 Å². The van der Waals surface area contributed by atoms with E-state index in [-0.39, 0.29) is 6.04 Å². The van der Waals surface area contributed by atoms with Crippen LogP contribution in [-0.4, -0.2) is 45.4 Å². The second-order valence-electron chi connectivity index (χ2n) is 6.98. The highest BCUT2D eigenvalue weighted by Gasteiger charge is 2.33. The molecular weight excluding hydrogens is 374 g/mol. The van der Waals surface area contributed by atoms with Crippen LogP contribution in [0.25, 0.3) is 5.69 Å². The van der Waals surface area contributed by atoms with Gasteiger partial charge >= 0.3 is 0 Å². The zero-order chi connectivity index (χ0) is 19.7. The molecule has 0 radical (unpaired) electrons. The molecule has 0 amide bonds. The second kappa shape index (κ2) is 7.46. The van der Waals surface area contributed by atoms with Gasteiger partial charge in [-0.2, -0.15) is 22.1 Å². The van der Waals surface area contributed by atoms with Crippen LogP contribution in [0, 0.1) is 0 Å². The van der Waals surface area contributed by atoms with Gasteiger partial charge in [0, 0.05) is 26.2 Å². The third-order valence-electron chi connectivity index (χ3n) is 5.39. The van der Waals surface area contributed by atoms with Crippen LogP contribution in [0.4, 0.5) is 0 Å². The summed E-state index contributed by atoms with van der Waals surface area (Å²) in [6.45, 7) is 2.82. The molecule has 0 fully saturated rings. The monoisotopic (exact) mass is 397 g/mol. The van der Waals surface area contributed by atoms with Crippen molar-refractivity contribution in [1.29, 1.82) is 0 Å². The Balaban J connectivity index is 1.52. The lowest BCUT2D eigenvalue weighted by atomic mass is 10.0. The van der Waals surface area contributed by atoms with E-state index in [2.05, 4.69) is 16.1 Å². The van der Waals surface area contributed by atoms with Crippen LogP contribution in [-0.2, 0) is 23.2 Å². The topological polar surface area (TPSA) is 71.3 Å². The van der Waals surface area contributed by atoms with Gasteiger partial charge in [-0.25, -0.2) is 9.67 Å². The highest BCUT2D eigenvalue weighted by molar-refractivity contribution is 7.86. The van der Waals surface area contributed by atoms with Gasteiger partial charge in [0.2, 0.25) is 0 Å². The summed E-state index contributed by atoms with van der Waals surface area (Å²) in [5, 5.41) is 4.11. The van der Waals surface area contributed by atoms with E-state index in [1.165, 1.54) is 16.2 Å². The van der Waals surface area contributed by atoms with Crippen LogP contribution in [0.5, 0.6) is 0 Å². The molecule has 0 saturated carbocycles. The Kier molecular flexibility index (Phi) is 5.01. The zero-order valence-corrected chi connectivity index (χ0v) is 16.7. The molecular formula is C20H23N5O2S. The second-order valence-corrected chi connectivity index (χ2v) is 8.97. The summed E-state index contributed by atoms with van der Waals surface area (Å²) in [5.41, 5.74) is 4.11. The van der Waals surface area contributed by atoms with Gasteiger partial charge in [0.25, 0.3) is 10.2 Å². The first-order chi connectivity index (χ1) is 13.5. The number of nitrogens with zero attached hydrogens (tertiary/aromatic N) is 5. The van der Waals surface area contributed by atoms with Gasteiger partial charge < -0.3 is 0 Å². The van der Waals surface area contributed by atoms with Crippen LogP contribution in [0.15, 0.2) is 61.2 Å². The van der Waals surface area contributed by atoms with E-state index in [0.29, 0.717) is 13.1 Å². The number of hydrogen-bond acceptors (Lipinski definition) is 4. The maximum Gasteiger partial charge on any atom is 0.282 e. The number of rotatable bonds is 5. The van der Waals surface area contributed by atoms with Crippen molar-refractivity contribution in [3.8, 4) is 5.69 Å². The third kappa shape index (κ3) is 3.46. The molecule has 3 aromatic rings. The molecule has 0 bridgehead atoms. The molecule has 1 aromatic heterocycles. The molecule has 1 aliphatic heterocycles. The lowest BCUT2D eigenvalue weighted by Crippen LogP contribution is -2.45. The smallest absolute Gasteiger partial charge is 0.223 e. The summed E-state index contributed by atoms with van der Waals surface area (Å²) in [6.07, 6.45) is 3.85. The summed E-state index contributed by atoms with van der Waals surface area (Å²) in [7, 11) is -1.92. The largest absolute Gasteiger partial charge is 0.282 e. The maximum absolute atomic E-state index is 13.2. The first-order valence-electron chi connectivity index (χ1n) is 9.21. The first-order valence-corrected chi connectivity index (χ1v) is 10.6. The molecule has 2 heterocycles. The Morgan fingerprint density at radius 3 is 2.46 bits per heavy atom. The van der Waals surface area contributed by atoms with Gasteiger partial charge in [-0.15, -0.1) is 0 Å². The highest BCUT2D eigenvalue weighted by Crippen LogP contribution is 2.27. The Hall–Kier alpha value is -2.55. The minimum atomic E-state index is -3.57. The molecule has 2 aromatic carbocycles. The molecule has 0 unspecified atom stereocenters. The summed E-state index contributed by atoms with van der Waals surface area (Å²) < 4.78 is 31.1. The van der Waals surface area contributed by atoms with Crippen LogP contribution in [0.3, 0.4) is 0 Å². The van der Waals surface area contributed by atoms with Crippen LogP contribution in [0.2, 0.25) is 0 Å². The van der Waals surface area contributed by atoms with E-state index in [1.54, 1.807) is 22.4 Å². The lowest BCUT2D eigenvalue weighted by molar-refractivity contribution is 0.317. The molecule has 8 heteroatoms. The molecule has 0 N–H and O–H groups in total. The van der Waals surface area contributed by atoms with Crippen molar-refractivity contribution in [3.63, 3.8) is 0 Å². The van der Waals surface area contributed by atoms with Crippen molar-refractivity contribution in [2.45, 2.75) is 25.9 Å². The van der Waals surface area contributed by atoms with Crippen molar-refractivity contribution in [3.05, 3.63) is 77.9 Å². The Morgan fingerprint density at radius 1 is 1.07 bits per heavy atom. The van der Waals surface area contributed by atoms with Crippen molar-refractivity contribution in [2.75, 3.05) is 13.6 Å². The third-order valence-corrected chi connectivity index (χ3v) is 7.40. The van der Waals surface area contributed by atoms with Crippen LogP contribution >= 0.6 is 0 Å². The maximum atomic E-state index is 13.2. The fraction of sp³-hybridized carbons (Fsp3) is 0.300. The summed E-state index contributed by atoms with van der Waals surface area (Å²) in [6, 6.07) is 15.4. The van der Waals surface area contributed by atoms with Gasteiger partial charge in [-0.05, 0) is 42.2 Å². The van der Waals surface area contributed by atoms with E-state index in [4.69, 9.17) is 0 Å². The minimum Gasteiger partial charge on any atom is -0.223 e. The van der Waals surface area contributed by atoms with E-state index < -0.39 is 10.2 Å². The molecule has 4 rings (SSSR count). The fourth-order valence-corrected chi connectivity index (χ4v) is 5.02.